The molecule has 0 radical (unpaired) electrons. The molecule has 0 aromatic carbocycles. The highest BCUT2D eigenvalue weighted by atomic mass is 15.1. The maximum atomic E-state index is 8.59. The summed E-state index contributed by atoms with van der Waals surface area (Å²) in [4.78, 5) is 10.5. The first-order valence-electron chi connectivity index (χ1n) is 5.40. The maximum Gasteiger partial charge on any atom is 0.115 e. The normalized spacial score (nSPS) is 15.8. The van der Waals surface area contributed by atoms with Gasteiger partial charge in [-0.2, -0.15) is 5.26 Å². The largest absolute Gasteiger partial charge is 0.368 e. The van der Waals surface area contributed by atoms with Crippen molar-refractivity contribution in [1.82, 2.24) is 9.97 Å². The Kier molecular flexibility index (Phi) is 3.16. The van der Waals surface area contributed by atoms with E-state index < -0.39 is 0 Å². The average molecular weight is 214 g/mol. The predicted molar refractivity (Wildman–Crippen MR) is 61.9 cm³/mol. The van der Waals surface area contributed by atoms with E-state index in [2.05, 4.69) is 20.9 Å². The van der Waals surface area contributed by atoms with E-state index in [-0.39, 0.29) is 0 Å². The highest BCUT2D eigenvalue weighted by Crippen LogP contribution is 2.23. The zero-order valence-corrected chi connectivity index (χ0v) is 9.35. The van der Waals surface area contributed by atoms with Gasteiger partial charge in [0.05, 0.1) is 23.6 Å². The molecule has 0 unspecified atom stereocenters. The van der Waals surface area contributed by atoms with Crippen molar-refractivity contribution >= 4 is 5.69 Å². The number of piperidine rings is 1. The second-order valence-electron chi connectivity index (χ2n) is 3.91. The first-order valence-corrected chi connectivity index (χ1v) is 5.40. The van der Waals surface area contributed by atoms with Gasteiger partial charge in [-0.15, -0.1) is 0 Å². The van der Waals surface area contributed by atoms with Crippen molar-refractivity contribution < 1.29 is 0 Å². The Morgan fingerprint density at radius 3 is 2.81 bits per heavy atom. The van der Waals surface area contributed by atoms with Crippen LogP contribution in [0.25, 0.3) is 0 Å². The van der Waals surface area contributed by atoms with Gasteiger partial charge in [-0.05, 0) is 19.8 Å². The Balaban J connectivity index is 2.08. The van der Waals surface area contributed by atoms with Crippen molar-refractivity contribution in [3.8, 4) is 6.07 Å². The predicted octanol–water partition coefficient (Wildman–Crippen LogP) is 1.84. The third-order valence-electron chi connectivity index (χ3n) is 2.90. The summed E-state index contributed by atoms with van der Waals surface area (Å²) in [5.74, 6) is 0. The first kappa shape index (κ1) is 10.6. The molecule has 1 aromatic heterocycles. The second kappa shape index (κ2) is 4.75. The number of nitriles is 1. The zero-order valence-electron chi connectivity index (χ0n) is 9.35. The zero-order chi connectivity index (χ0) is 11.4. The summed E-state index contributed by atoms with van der Waals surface area (Å²) in [5, 5.41) is 8.59. The summed E-state index contributed by atoms with van der Waals surface area (Å²) in [6, 6.07) is 2.10. The van der Waals surface area contributed by atoms with Crippen LogP contribution in [0, 0.1) is 18.3 Å². The monoisotopic (exact) mass is 214 g/mol. The van der Waals surface area contributed by atoms with Crippen molar-refractivity contribution in [2.45, 2.75) is 19.8 Å². The average Bonchev–Trinajstić information content (AvgIpc) is 2.31. The van der Waals surface area contributed by atoms with E-state index in [1.807, 2.05) is 13.1 Å². The van der Waals surface area contributed by atoms with Crippen LogP contribution >= 0.6 is 0 Å². The quantitative estimate of drug-likeness (QED) is 0.669. The topological polar surface area (TPSA) is 52.8 Å². The van der Waals surface area contributed by atoms with Gasteiger partial charge in [-0.1, -0.05) is 5.57 Å². The summed E-state index contributed by atoms with van der Waals surface area (Å²) in [6.45, 7) is 3.89. The number of aromatic nitrogens is 2. The molecule has 0 spiro atoms. The summed E-state index contributed by atoms with van der Waals surface area (Å²) in [7, 11) is 0. The number of anilines is 1. The molecule has 16 heavy (non-hydrogen) atoms. The summed E-state index contributed by atoms with van der Waals surface area (Å²) < 4.78 is 0. The highest BCUT2D eigenvalue weighted by Gasteiger charge is 2.16. The molecule has 0 bridgehead atoms. The van der Waals surface area contributed by atoms with Crippen LogP contribution in [0.4, 0.5) is 5.69 Å². The summed E-state index contributed by atoms with van der Waals surface area (Å²) in [6.07, 6.45) is 7.03. The summed E-state index contributed by atoms with van der Waals surface area (Å²) >= 11 is 0. The van der Waals surface area contributed by atoms with Gasteiger partial charge in [0, 0.05) is 19.2 Å². The fraction of sp³-hybridized carbons (Fsp3) is 0.417. The minimum atomic E-state index is 0.946. The molecule has 1 saturated heterocycles. The highest BCUT2D eigenvalue weighted by molar-refractivity contribution is 5.49. The van der Waals surface area contributed by atoms with E-state index >= 15 is 0 Å². The van der Waals surface area contributed by atoms with Crippen LogP contribution in [0.3, 0.4) is 0 Å². The molecule has 1 aromatic rings. The van der Waals surface area contributed by atoms with Crippen molar-refractivity contribution in [2.75, 3.05) is 18.0 Å². The molecule has 4 heteroatoms. The minimum absolute atomic E-state index is 0.946. The number of nitrogens with zero attached hydrogens (tertiary/aromatic N) is 4. The lowest BCUT2D eigenvalue weighted by molar-refractivity contribution is 0.680. The molecule has 82 valence electrons. The van der Waals surface area contributed by atoms with Gasteiger partial charge < -0.3 is 4.90 Å². The van der Waals surface area contributed by atoms with Gasteiger partial charge in [0.1, 0.15) is 6.33 Å². The number of aryl methyl sites for hydroxylation is 1. The molecule has 0 atom stereocenters. The Morgan fingerprint density at radius 2 is 2.19 bits per heavy atom. The van der Waals surface area contributed by atoms with Gasteiger partial charge >= 0.3 is 0 Å². The van der Waals surface area contributed by atoms with E-state index in [9.17, 15) is 0 Å². The van der Waals surface area contributed by atoms with Crippen LogP contribution in [0.15, 0.2) is 24.2 Å². The number of allylic oxidation sites excluding steroid dienone is 1. The Morgan fingerprint density at radius 1 is 1.44 bits per heavy atom. The molecule has 0 aliphatic carbocycles. The van der Waals surface area contributed by atoms with Crippen molar-refractivity contribution in [3.63, 3.8) is 0 Å². The third kappa shape index (κ3) is 2.19. The van der Waals surface area contributed by atoms with Crippen molar-refractivity contribution in [3.05, 3.63) is 29.9 Å². The molecule has 4 nitrogen and oxygen atoms in total. The smallest absolute Gasteiger partial charge is 0.115 e. The summed E-state index contributed by atoms with van der Waals surface area (Å²) in [5.41, 5.74) is 3.37. The number of hydrogen-bond donors (Lipinski definition) is 0. The molecule has 0 N–H and O–H groups in total. The third-order valence-corrected chi connectivity index (χ3v) is 2.90. The van der Waals surface area contributed by atoms with Crippen LogP contribution in [-0.2, 0) is 0 Å². The second-order valence-corrected chi connectivity index (χ2v) is 3.91. The van der Waals surface area contributed by atoms with Crippen LogP contribution in [0.1, 0.15) is 18.5 Å². The van der Waals surface area contributed by atoms with Crippen LogP contribution in [0.2, 0.25) is 0 Å². The van der Waals surface area contributed by atoms with E-state index in [1.54, 1.807) is 12.4 Å². The minimum Gasteiger partial charge on any atom is -0.368 e. The van der Waals surface area contributed by atoms with Crippen molar-refractivity contribution in [2.24, 2.45) is 0 Å². The first-order chi connectivity index (χ1) is 7.81. The standard InChI is InChI=1S/C12H14N4/c1-10-12(8-14-9-15-10)16-6-3-11(2-5-13)4-7-16/h2,8-9H,3-4,6-7H2,1H3. The van der Waals surface area contributed by atoms with Crippen LogP contribution in [-0.4, -0.2) is 23.1 Å². The molecule has 1 fully saturated rings. The molecule has 1 aliphatic rings. The molecule has 0 saturated carbocycles. The number of hydrogen-bond acceptors (Lipinski definition) is 4. The Labute approximate surface area is 95.2 Å². The van der Waals surface area contributed by atoms with Gasteiger partial charge in [0.25, 0.3) is 0 Å². The molecule has 2 heterocycles. The van der Waals surface area contributed by atoms with Gasteiger partial charge in [0.2, 0.25) is 0 Å². The molecule has 2 rings (SSSR count). The Hall–Kier alpha value is -1.89. The van der Waals surface area contributed by atoms with Crippen LogP contribution < -0.4 is 4.90 Å². The van der Waals surface area contributed by atoms with Gasteiger partial charge in [-0.25, -0.2) is 9.97 Å². The van der Waals surface area contributed by atoms with E-state index in [4.69, 9.17) is 5.26 Å². The lowest BCUT2D eigenvalue weighted by Crippen LogP contribution is -2.31. The SMILES string of the molecule is Cc1ncncc1N1CCC(=CC#N)CC1. The van der Waals surface area contributed by atoms with E-state index in [1.165, 1.54) is 5.57 Å². The van der Waals surface area contributed by atoms with E-state index in [0.717, 1.165) is 37.3 Å². The van der Waals surface area contributed by atoms with Gasteiger partial charge in [-0.3, -0.25) is 0 Å². The van der Waals surface area contributed by atoms with Crippen molar-refractivity contribution in [1.29, 1.82) is 5.26 Å². The van der Waals surface area contributed by atoms with Gasteiger partial charge in [0.15, 0.2) is 0 Å². The number of rotatable bonds is 1. The Bertz CT molecular complexity index is 435. The fourth-order valence-electron chi connectivity index (χ4n) is 1.96. The fourth-order valence-corrected chi connectivity index (χ4v) is 1.96. The lowest BCUT2D eigenvalue weighted by Gasteiger charge is -2.30. The maximum absolute atomic E-state index is 8.59. The molecular weight excluding hydrogens is 200 g/mol. The van der Waals surface area contributed by atoms with Crippen LogP contribution in [0.5, 0.6) is 0 Å². The van der Waals surface area contributed by atoms with E-state index in [0.29, 0.717) is 0 Å². The molecule has 0 amide bonds. The molecular formula is C12H14N4. The molecule has 1 aliphatic heterocycles. The lowest BCUT2D eigenvalue weighted by atomic mass is 10.0.